The fraction of sp³-hybridized carbons (Fsp3) is 0.545. The molecule has 5 nitrogen and oxygen atoms in total. The fourth-order valence-corrected chi connectivity index (χ4v) is 1.18. The SMILES string of the molecule is Cc1nccc(CNC(=O)C(C)C(C)N)n1. The molecule has 0 spiro atoms. The molecule has 0 aliphatic carbocycles. The Balaban J connectivity index is 2.49. The Morgan fingerprint density at radius 1 is 1.56 bits per heavy atom. The molecule has 0 bridgehead atoms. The quantitative estimate of drug-likeness (QED) is 0.772. The molecule has 16 heavy (non-hydrogen) atoms. The van der Waals surface area contributed by atoms with E-state index in [0.29, 0.717) is 12.4 Å². The standard InChI is InChI=1S/C11H18N4O/c1-7(8(2)12)11(16)14-6-10-4-5-13-9(3)15-10/h4-5,7-8H,6,12H2,1-3H3,(H,14,16). The van der Waals surface area contributed by atoms with Crippen LogP contribution in [0.3, 0.4) is 0 Å². The molecule has 0 fully saturated rings. The van der Waals surface area contributed by atoms with Crippen LogP contribution in [0.5, 0.6) is 0 Å². The van der Waals surface area contributed by atoms with E-state index in [1.807, 2.05) is 20.8 Å². The van der Waals surface area contributed by atoms with E-state index >= 15 is 0 Å². The average Bonchev–Trinajstić information content (AvgIpc) is 2.24. The summed E-state index contributed by atoms with van der Waals surface area (Å²) in [6, 6.07) is 1.64. The fourth-order valence-electron chi connectivity index (χ4n) is 1.18. The second kappa shape index (κ2) is 5.55. The Hall–Kier alpha value is -1.49. The molecule has 1 rings (SSSR count). The van der Waals surface area contributed by atoms with E-state index in [1.165, 1.54) is 0 Å². The predicted molar refractivity (Wildman–Crippen MR) is 61.4 cm³/mol. The van der Waals surface area contributed by atoms with Gasteiger partial charge in [0.1, 0.15) is 5.82 Å². The van der Waals surface area contributed by atoms with Crippen LogP contribution in [0.15, 0.2) is 12.3 Å². The van der Waals surface area contributed by atoms with E-state index in [9.17, 15) is 4.79 Å². The number of hydrogen-bond donors (Lipinski definition) is 2. The molecule has 3 N–H and O–H groups in total. The van der Waals surface area contributed by atoms with E-state index in [0.717, 1.165) is 5.69 Å². The van der Waals surface area contributed by atoms with Crippen LogP contribution >= 0.6 is 0 Å². The highest BCUT2D eigenvalue weighted by Gasteiger charge is 2.16. The highest BCUT2D eigenvalue weighted by Crippen LogP contribution is 2.00. The van der Waals surface area contributed by atoms with Crippen LogP contribution in [-0.4, -0.2) is 21.9 Å². The van der Waals surface area contributed by atoms with Crippen LogP contribution in [-0.2, 0) is 11.3 Å². The van der Waals surface area contributed by atoms with Crippen molar-refractivity contribution >= 4 is 5.91 Å². The Labute approximate surface area is 95.5 Å². The normalized spacial score (nSPS) is 14.2. The van der Waals surface area contributed by atoms with E-state index in [1.54, 1.807) is 12.3 Å². The third-order valence-electron chi connectivity index (χ3n) is 2.48. The van der Waals surface area contributed by atoms with Crippen LogP contribution in [0.4, 0.5) is 0 Å². The molecule has 5 heteroatoms. The van der Waals surface area contributed by atoms with Gasteiger partial charge in [0, 0.05) is 18.2 Å². The zero-order valence-electron chi connectivity index (χ0n) is 9.90. The molecular formula is C11H18N4O. The molecular weight excluding hydrogens is 204 g/mol. The lowest BCUT2D eigenvalue weighted by atomic mass is 10.0. The molecule has 0 aliphatic rings. The Bertz CT molecular complexity index is 365. The summed E-state index contributed by atoms with van der Waals surface area (Å²) in [5, 5.41) is 2.80. The number of amides is 1. The van der Waals surface area contributed by atoms with Crippen LogP contribution in [0.25, 0.3) is 0 Å². The molecule has 1 aromatic rings. The first-order valence-corrected chi connectivity index (χ1v) is 5.32. The summed E-state index contributed by atoms with van der Waals surface area (Å²) in [6.45, 7) is 5.86. The highest BCUT2D eigenvalue weighted by atomic mass is 16.1. The Morgan fingerprint density at radius 2 is 2.25 bits per heavy atom. The van der Waals surface area contributed by atoms with Gasteiger partial charge in [0.2, 0.25) is 5.91 Å². The first kappa shape index (κ1) is 12.6. The lowest BCUT2D eigenvalue weighted by Crippen LogP contribution is -2.38. The molecule has 1 heterocycles. The highest BCUT2D eigenvalue weighted by molar-refractivity contribution is 5.78. The molecule has 0 saturated heterocycles. The summed E-state index contributed by atoms with van der Waals surface area (Å²) in [5.74, 6) is 0.459. The molecule has 2 unspecified atom stereocenters. The van der Waals surface area contributed by atoms with Crippen molar-refractivity contribution in [1.82, 2.24) is 15.3 Å². The number of aromatic nitrogens is 2. The lowest BCUT2D eigenvalue weighted by Gasteiger charge is -2.15. The minimum Gasteiger partial charge on any atom is -0.350 e. The third kappa shape index (κ3) is 3.58. The Morgan fingerprint density at radius 3 is 2.81 bits per heavy atom. The summed E-state index contributed by atoms with van der Waals surface area (Å²) >= 11 is 0. The van der Waals surface area contributed by atoms with Gasteiger partial charge in [-0.1, -0.05) is 6.92 Å². The average molecular weight is 222 g/mol. The van der Waals surface area contributed by atoms with Gasteiger partial charge in [-0.2, -0.15) is 0 Å². The number of carbonyl (C=O) groups is 1. The Kier molecular flexibility index (Phi) is 4.37. The number of nitrogens with one attached hydrogen (secondary N) is 1. The van der Waals surface area contributed by atoms with Crippen molar-refractivity contribution in [3.63, 3.8) is 0 Å². The second-order valence-electron chi connectivity index (χ2n) is 3.96. The first-order valence-electron chi connectivity index (χ1n) is 5.32. The van der Waals surface area contributed by atoms with Crippen molar-refractivity contribution in [3.05, 3.63) is 23.8 Å². The van der Waals surface area contributed by atoms with Crippen molar-refractivity contribution < 1.29 is 4.79 Å². The molecule has 0 radical (unpaired) electrons. The van der Waals surface area contributed by atoms with Gasteiger partial charge in [0.15, 0.2) is 0 Å². The van der Waals surface area contributed by atoms with Crippen molar-refractivity contribution in [2.45, 2.75) is 33.4 Å². The largest absolute Gasteiger partial charge is 0.350 e. The summed E-state index contributed by atoms with van der Waals surface area (Å²) in [6.07, 6.45) is 1.68. The van der Waals surface area contributed by atoms with Gasteiger partial charge in [-0.25, -0.2) is 9.97 Å². The molecule has 0 saturated carbocycles. The zero-order chi connectivity index (χ0) is 12.1. The summed E-state index contributed by atoms with van der Waals surface area (Å²) < 4.78 is 0. The van der Waals surface area contributed by atoms with Gasteiger partial charge in [-0.15, -0.1) is 0 Å². The monoisotopic (exact) mass is 222 g/mol. The minimum atomic E-state index is -0.192. The smallest absolute Gasteiger partial charge is 0.224 e. The van der Waals surface area contributed by atoms with Gasteiger partial charge >= 0.3 is 0 Å². The van der Waals surface area contributed by atoms with Gasteiger partial charge in [-0.3, -0.25) is 4.79 Å². The second-order valence-corrected chi connectivity index (χ2v) is 3.96. The number of rotatable bonds is 4. The zero-order valence-corrected chi connectivity index (χ0v) is 9.90. The van der Waals surface area contributed by atoms with E-state index in [2.05, 4.69) is 15.3 Å². The van der Waals surface area contributed by atoms with Crippen molar-refractivity contribution in [2.24, 2.45) is 11.7 Å². The maximum absolute atomic E-state index is 11.6. The van der Waals surface area contributed by atoms with Gasteiger partial charge in [0.25, 0.3) is 0 Å². The van der Waals surface area contributed by atoms with E-state index < -0.39 is 0 Å². The van der Waals surface area contributed by atoms with E-state index in [-0.39, 0.29) is 17.9 Å². The molecule has 88 valence electrons. The topological polar surface area (TPSA) is 80.9 Å². The molecule has 1 aromatic heterocycles. The molecule has 1 amide bonds. The molecule has 0 aliphatic heterocycles. The van der Waals surface area contributed by atoms with Crippen LogP contribution < -0.4 is 11.1 Å². The van der Waals surface area contributed by atoms with Crippen molar-refractivity contribution in [2.75, 3.05) is 0 Å². The summed E-state index contributed by atoms with van der Waals surface area (Å²) in [7, 11) is 0. The van der Waals surface area contributed by atoms with Gasteiger partial charge < -0.3 is 11.1 Å². The van der Waals surface area contributed by atoms with Crippen LogP contribution in [0.1, 0.15) is 25.4 Å². The lowest BCUT2D eigenvalue weighted by molar-refractivity contribution is -0.125. The van der Waals surface area contributed by atoms with Crippen LogP contribution in [0.2, 0.25) is 0 Å². The summed E-state index contributed by atoms with van der Waals surface area (Å²) in [5.41, 5.74) is 6.45. The van der Waals surface area contributed by atoms with Crippen LogP contribution in [0, 0.1) is 12.8 Å². The maximum atomic E-state index is 11.6. The maximum Gasteiger partial charge on any atom is 0.224 e. The molecule has 0 aromatic carbocycles. The van der Waals surface area contributed by atoms with Gasteiger partial charge in [-0.05, 0) is 19.9 Å². The van der Waals surface area contributed by atoms with E-state index in [4.69, 9.17) is 5.73 Å². The predicted octanol–water partition coefficient (Wildman–Crippen LogP) is 0.385. The van der Waals surface area contributed by atoms with Gasteiger partial charge in [0.05, 0.1) is 12.2 Å². The first-order chi connectivity index (χ1) is 7.50. The summed E-state index contributed by atoms with van der Waals surface area (Å²) in [4.78, 5) is 19.8. The van der Waals surface area contributed by atoms with Crippen molar-refractivity contribution in [3.8, 4) is 0 Å². The number of carbonyl (C=O) groups excluding carboxylic acids is 1. The molecule has 2 atom stereocenters. The number of nitrogens with zero attached hydrogens (tertiary/aromatic N) is 2. The minimum absolute atomic E-state index is 0.0498. The number of nitrogens with two attached hydrogens (primary N) is 1. The third-order valence-corrected chi connectivity index (χ3v) is 2.48. The number of aryl methyl sites for hydroxylation is 1. The van der Waals surface area contributed by atoms with Crippen molar-refractivity contribution in [1.29, 1.82) is 0 Å². The number of hydrogen-bond acceptors (Lipinski definition) is 4.